The van der Waals surface area contributed by atoms with Crippen LogP contribution >= 0.6 is 0 Å². The van der Waals surface area contributed by atoms with Crippen molar-refractivity contribution in [2.24, 2.45) is 0 Å². The number of nitrogens with zero attached hydrogens (tertiary/aromatic N) is 1. The molecular formula is C12H20N4O. The zero-order valence-corrected chi connectivity index (χ0v) is 10.4. The van der Waals surface area contributed by atoms with Gasteiger partial charge in [0.15, 0.2) is 0 Å². The van der Waals surface area contributed by atoms with Crippen molar-refractivity contribution in [1.29, 1.82) is 5.41 Å². The van der Waals surface area contributed by atoms with E-state index in [1.807, 2.05) is 6.92 Å². The van der Waals surface area contributed by atoms with Gasteiger partial charge in [0.2, 0.25) is 0 Å². The summed E-state index contributed by atoms with van der Waals surface area (Å²) in [4.78, 5) is 4.19. The van der Waals surface area contributed by atoms with Crippen LogP contribution in [0.25, 0.3) is 0 Å². The Labute approximate surface area is 102 Å². The minimum atomic E-state index is -0.0852. The maximum absolute atomic E-state index is 7.35. The molecule has 5 nitrogen and oxygen atoms in total. The Bertz CT molecular complexity index is 362. The molecular weight excluding hydrogens is 216 g/mol. The fourth-order valence-corrected chi connectivity index (χ4v) is 1.57. The van der Waals surface area contributed by atoms with Crippen LogP contribution in [-0.2, 0) is 4.74 Å². The van der Waals surface area contributed by atoms with Crippen LogP contribution in [0.1, 0.15) is 32.3 Å². The number of rotatable bonds is 7. The summed E-state index contributed by atoms with van der Waals surface area (Å²) >= 11 is 0. The Morgan fingerprint density at radius 1 is 1.59 bits per heavy atom. The van der Waals surface area contributed by atoms with E-state index in [9.17, 15) is 0 Å². The molecule has 0 aromatic carbocycles. The van der Waals surface area contributed by atoms with Gasteiger partial charge in [0.25, 0.3) is 0 Å². The standard InChI is InChI=1S/C12H20N4O/c1-3-5-11(17-4-2)16-12-9(8-13)10(14)6-7-15-12/h6-8,11,13H,3-5H2,1-2H3,(H3,14,15,16). The predicted octanol–water partition coefficient (Wildman–Crippen LogP) is 2.24. The molecule has 5 heteroatoms. The Balaban J connectivity index is 2.84. The van der Waals surface area contributed by atoms with E-state index in [2.05, 4.69) is 17.2 Å². The van der Waals surface area contributed by atoms with Gasteiger partial charge < -0.3 is 21.2 Å². The topological polar surface area (TPSA) is 84.0 Å². The number of aromatic nitrogens is 1. The number of pyridine rings is 1. The molecule has 1 aromatic heterocycles. The summed E-state index contributed by atoms with van der Waals surface area (Å²) in [5.41, 5.74) is 6.93. The van der Waals surface area contributed by atoms with Crippen LogP contribution in [0.3, 0.4) is 0 Å². The summed E-state index contributed by atoms with van der Waals surface area (Å²) in [5.74, 6) is 0.604. The monoisotopic (exact) mass is 236 g/mol. The Morgan fingerprint density at radius 2 is 2.35 bits per heavy atom. The van der Waals surface area contributed by atoms with Gasteiger partial charge in [-0.05, 0) is 19.4 Å². The number of hydrogen-bond donors (Lipinski definition) is 3. The van der Waals surface area contributed by atoms with Gasteiger partial charge in [0, 0.05) is 24.7 Å². The summed E-state index contributed by atoms with van der Waals surface area (Å²) in [5, 5.41) is 10.5. The molecule has 0 spiro atoms. The highest BCUT2D eigenvalue weighted by molar-refractivity contribution is 5.91. The van der Waals surface area contributed by atoms with Gasteiger partial charge in [0.05, 0.1) is 5.56 Å². The smallest absolute Gasteiger partial charge is 0.138 e. The third-order valence-corrected chi connectivity index (χ3v) is 2.38. The lowest BCUT2D eigenvalue weighted by molar-refractivity contribution is 0.0759. The second kappa shape index (κ2) is 6.85. The maximum Gasteiger partial charge on any atom is 0.138 e. The molecule has 0 aliphatic heterocycles. The molecule has 0 aliphatic carbocycles. The van der Waals surface area contributed by atoms with E-state index in [0.29, 0.717) is 23.7 Å². The van der Waals surface area contributed by atoms with Crippen molar-refractivity contribution in [3.8, 4) is 0 Å². The number of nitrogens with one attached hydrogen (secondary N) is 2. The van der Waals surface area contributed by atoms with Gasteiger partial charge >= 0.3 is 0 Å². The maximum atomic E-state index is 7.35. The third-order valence-electron chi connectivity index (χ3n) is 2.38. The minimum Gasteiger partial charge on any atom is -0.398 e. The summed E-state index contributed by atoms with van der Waals surface area (Å²) < 4.78 is 5.56. The van der Waals surface area contributed by atoms with Crippen LogP contribution in [0.5, 0.6) is 0 Å². The molecule has 17 heavy (non-hydrogen) atoms. The molecule has 0 amide bonds. The van der Waals surface area contributed by atoms with Gasteiger partial charge in [-0.3, -0.25) is 0 Å². The SMILES string of the molecule is CCCC(Nc1nccc(N)c1C=N)OCC. The molecule has 1 heterocycles. The number of nitrogens with two attached hydrogens (primary N) is 1. The average Bonchev–Trinajstić information content (AvgIpc) is 2.30. The molecule has 1 aromatic rings. The van der Waals surface area contributed by atoms with E-state index in [4.69, 9.17) is 15.9 Å². The first-order valence-corrected chi connectivity index (χ1v) is 5.86. The average molecular weight is 236 g/mol. The van der Waals surface area contributed by atoms with Crippen LogP contribution in [0.4, 0.5) is 11.5 Å². The van der Waals surface area contributed by atoms with Gasteiger partial charge in [-0.2, -0.15) is 0 Å². The van der Waals surface area contributed by atoms with Crippen molar-refractivity contribution >= 4 is 17.7 Å². The van der Waals surface area contributed by atoms with E-state index in [1.165, 1.54) is 6.21 Å². The first-order chi connectivity index (χ1) is 8.22. The highest BCUT2D eigenvalue weighted by Crippen LogP contribution is 2.18. The molecule has 0 fully saturated rings. The molecule has 0 saturated carbocycles. The zero-order valence-electron chi connectivity index (χ0n) is 10.4. The molecule has 0 saturated heterocycles. The largest absolute Gasteiger partial charge is 0.398 e. The molecule has 0 aliphatic rings. The Kier molecular flexibility index (Phi) is 5.42. The first-order valence-electron chi connectivity index (χ1n) is 5.86. The second-order valence-electron chi connectivity index (χ2n) is 3.68. The lowest BCUT2D eigenvalue weighted by atomic mass is 10.2. The van der Waals surface area contributed by atoms with E-state index >= 15 is 0 Å². The van der Waals surface area contributed by atoms with Gasteiger partial charge in [-0.1, -0.05) is 13.3 Å². The van der Waals surface area contributed by atoms with Crippen molar-refractivity contribution in [2.75, 3.05) is 17.7 Å². The summed E-state index contributed by atoms with van der Waals surface area (Å²) in [7, 11) is 0. The van der Waals surface area contributed by atoms with Crippen molar-refractivity contribution in [3.05, 3.63) is 17.8 Å². The summed E-state index contributed by atoms with van der Waals surface area (Å²) in [6, 6.07) is 1.68. The fraction of sp³-hybridized carbons (Fsp3) is 0.500. The van der Waals surface area contributed by atoms with Crippen molar-refractivity contribution in [3.63, 3.8) is 0 Å². The zero-order chi connectivity index (χ0) is 12.7. The molecule has 1 unspecified atom stereocenters. The molecule has 1 atom stereocenters. The first kappa shape index (κ1) is 13.4. The number of nitrogen functional groups attached to an aromatic ring is 1. The number of anilines is 2. The van der Waals surface area contributed by atoms with Crippen LogP contribution in [-0.4, -0.2) is 24.0 Å². The number of hydrogen-bond acceptors (Lipinski definition) is 5. The molecule has 0 radical (unpaired) electrons. The molecule has 94 valence electrons. The summed E-state index contributed by atoms with van der Waals surface area (Å²) in [6.07, 6.45) is 4.65. The van der Waals surface area contributed by atoms with Crippen molar-refractivity contribution in [1.82, 2.24) is 4.98 Å². The molecule has 0 bridgehead atoms. The fourth-order valence-electron chi connectivity index (χ4n) is 1.57. The van der Waals surface area contributed by atoms with Gasteiger partial charge in [-0.25, -0.2) is 4.98 Å². The van der Waals surface area contributed by atoms with Crippen LogP contribution in [0, 0.1) is 5.41 Å². The number of ether oxygens (including phenoxy) is 1. The normalized spacial score (nSPS) is 12.1. The van der Waals surface area contributed by atoms with E-state index < -0.39 is 0 Å². The molecule has 4 N–H and O–H groups in total. The predicted molar refractivity (Wildman–Crippen MR) is 70.5 cm³/mol. The quantitative estimate of drug-likeness (QED) is 0.500. The second-order valence-corrected chi connectivity index (χ2v) is 3.68. The lowest BCUT2D eigenvalue weighted by Gasteiger charge is -2.19. The Hall–Kier alpha value is -1.62. The van der Waals surface area contributed by atoms with Crippen LogP contribution in [0.2, 0.25) is 0 Å². The lowest BCUT2D eigenvalue weighted by Crippen LogP contribution is -2.24. The third kappa shape index (κ3) is 3.71. The highest BCUT2D eigenvalue weighted by Gasteiger charge is 2.11. The minimum absolute atomic E-state index is 0.0852. The van der Waals surface area contributed by atoms with Crippen molar-refractivity contribution < 1.29 is 4.74 Å². The van der Waals surface area contributed by atoms with Gasteiger partial charge in [-0.15, -0.1) is 0 Å². The van der Waals surface area contributed by atoms with Crippen LogP contribution < -0.4 is 11.1 Å². The van der Waals surface area contributed by atoms with Crippen LogP contribution in [0.15, 0.2) is 12.3 Å². The van der Waals surface area contributed by atoms with E-state index in [0.717, 1.165) is 12.8 Å². The van der Waals surface area contributed by atoms with E-state index in [1.54, 1.807) is 12.3 Å². The van der Waals surface area contributed by atoms with Crippen molar-refractivity contribution in [2.45, 2.75) is 32.9 Å². The van der Waals surface area contributed by atoms with E-state index in [-0.39, 0.29) is 6.23 Å². The molecule has 1 rings (SSSR count). The highest BCUT2D eigenvalue weighted by atomic mass is 16.5. The summed E-state index contributed by atoms with van der Waals surface area (Å²) in [6.45, 7) is 4.69. The Morgan fingerprint density at radius 3 is 2.94 bits per heavy atom. The van der Waals surface area contributed by atoms with Gasteiger partial charge in [0.1, 0.15) is 12.0 Å².